The molecule has 0 saturated carbocycles. The number of nitrogens with one attached hydrogen (secondary N) is 1. The first-order valence-corrected chi connectivity index (χ1v) is 7.16. The largest absolute Gasteiger partial charge is 0.496 e. The average Bonchev–Trinajstić information content (AvgIpc) is 2.53. The van der Waals surface area contributed by atoms with E-state index in [0.717, 1.165) is 12.0 Å². The number of carbonyl (C=O) groups excluding carboxylic acids is 1. The summed E-state index contributed by atoms with van der Waals surface area (Å²) in [7, 11) is 1.57. The van der Waals surface area contributed by atoms with E-state index in [9.17, 15) is 4.79 Å². The van der Waals surface area contributed by atoms with E-state index < -0.39 is 0 Å². The minimum Gasteiger partial charge on any atom is -0.496 e. The molecule has 0 fully saturated rings. The van der Waals surface area contributed by atoms with Crippen molar-refractivity contribution in [1.29, 1.82) is 0 Å². The van der Waals surface area contributed by atoms with Gasteiger partial charge in [0.1, 0.15) is 5.75 Å². The fourth-order valence-electron chi connectivity index (χ4n) is 2.29. The third kappa shape index (κ3) is 3.63. The Bertz CT molecular complexity index is 605. The van der Waals surface area contributed by atoms with Gasteiger partial charge in [-0.05, 0) is 31.0 Å². The molecule has 2 aromatic rings. The van der Waals surface area contributed by atoms with E-state index in [4.69, 9.17) is 4.74 Å². The van der Waals surface area contributed by atoms with Crippen LogP contribution in [0, 0.1) is 6.92 Å². The van der Waals surface area contributed by atoms with Gasteiger partial charge >= 0.3 is 0 Å². The number of benzene rings is 2. The number of hydrogen-bond donors (Lipinski definition) is 1. The van der Waals surface area contributed by atoms with E-state index in [-0.39, 0.29) is 11.9 Å². The standard InChI is InChI=1S/C18H21NO2/c1-4-16(14-11-9-13(2)10-12-14)19-18(20)15-7-5-6-8-17(15)21-3/h5-12,16H,4H2,1-3H3,(H,19,20)/t16-/m1/s1. The van der Waals surface area contributed by atoms with Gasteiger partial charge in [-0.25, -0.2) is 0 Å². The molecule has 2 aromatic carbocycles. The van der Waals surface area contributed by atoms with Crippen molar-refractivity contribution in [1.82, 2.24) is 5.32 Å². The zero-order valence-corrected chi connectivity index (χ0v) is 12.7. The van der Waals surface area contributed by atoms with Crippen LogP contribution in [0.2, 0.25) is 0 Å². The Morgan fingerprint density at radius 3 is 2.43 bits per heavy atom. The molecule has 0 aliphatic carbocycles. The molecule has 0 unspecified atom stereocenters. The Balaban J connectivity index is 2.18. The zero-order chi connectivity index (χ0) is 15.2. The van der Waals surface area contributed by atoms with Crippen molar-refractivity contribution < 1.29 is 9.53 Å². The normalized spacial score (nSPS) is 11.8. The van der Waals surface area contributed by atoms with Crippen LogP contribution in [-0.2, 0) is 0 Å². The van der Waals surface area contributed by atoms with Crippen LogP contribution in [0.3, 0.4) is 0 Å². The second-order valence-electron chi connectivity index (χ2n) is 5.05. The molecule has 2 rings (SSSR count). The number of rotatable bonds is 5. The minimum absolute atomic E-state index is 0.00279. The van der Waals surface area contributed by atoms with Crippen molar-refractivity contribution in [3.05, 3.63) is 65.2 Å². The van der Waals surface area contributed by atoms with Crippen LogP contribution in [0.25, 0.3) is 0 Å². The molecular weight excluding hydrogens is 262 g/mol. The summed E-state index contributed by atoms with van der Waals surface area (Å²) in [6, 6.07) is 15.5. The maximum atomic E-state index is 12.4. The summed E-state index contributed by atoms with van der Waals surface area (Å²) in [4.78, 5) is 12.4. The topological polar surface area (TPSA) is 38.3 Å². The summed E-state index contributed by atoms with van der Waals surface area (Å²) < 4.78 is 5.24. The number of para-hydroxylation sites is 1. The molecule has 1 N–H and O–H groups in total. The molecule has 110 valence electrons. The number of ether oxygens (including phenoxy) is 1. The lowest BCUT2D eigenvalue weighted by molar-refractivity contribution is 0.0932. The van der Waals surface area contributed by atoms with Gasteiger partial charge in [0.15, 0.2) is 0 Å². The van der Waals surface area contributed by atoms with Crippen LogP contribution in [0.15, 0.2) is 48.5 Å². The van der Waals surface area contributed by atoms with E-state index in [1.807, 2.05) is 12.1 Å². The highest BCUT2D eigenvalue weighted by Crippen LogP contribution is 2.21. The summed E-state index contributed by atoms with van der Waals surface area (Å²) in [5.74, 6) is 0.480. The van der Waals surface area contributed by atoms with Crippen molar-refractivity contribution in [2.45, 2.75) is 26.3 Å². The summed E-state index contributed by atoms with van der Waals surface area (Å²) in [5, 5.41) is 3.07. The number of amides is 1. The highest BCUT2D eigenvalue weighted by Gasteiger charge is 2.16. The Morgan fingerprint density at radius 2 is 1.81 bits per heavy atom. The molecule has 0 aliphatic heterocycles. The molecular formula is C18H21NO2. The summed E-state index contributed by atoms with van der Waals surface area (Å²) in [5.41, 5.74) is 2.89. The average molecular weight is 283 g/mol. The smallest absolute Gasteiger partial charge is 0.255 e. The van der Waals surface area contributed by atoms with Crippen LogP contribution in [0.5, 0.6) is 5.75 Å². The molecule has 0 heterocycles. The van der Waals surface area contributed by atoms with Gasteiger partial charge in [0.05, 0.1) is 18.7 Å². The van der Waals surface area contributed by atoms with E-state index >= 15 is 0 Å². The molecule has 1 atom stereocenters. The molecule has 1 amide bonds. The van der Waals surface area contributed by atoms with Crippen LogP contribution < -0.4 is 10.1 Å². The molecule has 0 bridgehead atoms. The summed E-state index contributed by atoms with van der Waals surface area (Å²) in [6.45, 7) is 4.12. The number of carbonyl (C=O) groups is 1. The van der Waals surface area contributed by atoms with Gasteiger partial charge < -0.3 is 10.1 Å². The summed E-state index contributed by atoms with van der Waals surface area (Å²) >= 11 is 0. The fourth-order valence-corrected chi connectivity index (χ4v) is 2.29. The SMILES string of the molecule is CC[C@@H](NC(=O)c1ccccc1OC)c1ccc(C)cc1. The maximum absolute atomic E-state index is 12.4. The van der Waals surface area contributed by atoms with Crippen LogP contribution in [-0.4, -0.2) is 13.0 Å². The lowest BCUT2D eigenvalue weighted by Crippen LogP contribution is -2.28. The number of hydrogen-bond acceptors (Lipinski definition) is 2. The van der Waals surface area contributed by atoms with Gasteiger partial charge in [0.2, 0.25) is 0 Å². The zero-order valence-electron chi connectivity index (χ0n) is 12.7. The molecule has 3 heteroatoms. The first-order valence-electron chi connectivity index (χ1n) is 7.16. The fraction of sp³-hybridized carbons (Fsp3) is 0.278. The van der Waals surface area contributed by atoms with E-state index in [0.29, 0.717) is 11.3 Å². The maximum Gasteiger partial charge on any atom is 0.255 e. The van der Waals surface area contributed by atoms with Crippen LogP contribution >= 0.6 is 0 Å². The first-order chi connectivity index (χ1) is 10.2. The Morgan fingerprint density at radius 1 is 1.14 bits per heavy atom. The van der Waals surface area contributed by atoms with Crippen molar-refractivity contribution >= 4 is 5.91 Å². The molecule has 0 aromatic heterocycles. The molecule has 0 spiro atoms. The number of methoxy groups -OCH3 is 1. The number of aryl methyl sites for hydroxylation is 1. The Labute approximate surface area is 126 Å². The van der Waals surface area contributed by atoms with Gasteiger partial charge in [0.25, 0.3) is 5.91 Å². The molecule has 21 heavy (non-hydrogen) atoms. The van der Waals surface area contributed by atoms with Crippen molar-refractivity contribution in [2.24, 2.45) is 0 Å². The quantitative estimate of drug-likeness (QED) is 0.904. The second kappa shape index (κ2) is 6.93. The first kappa shape index (κ1) is 15.1. The van der Waals surface area contributed by atoms with E-state index in [1.54, 1.807) is 19.2 Å². The van der Waals surface area contributed by atoms with Crippen molar-refractivity contribution in [3.8, 4) is 5.75 Å². The molecule has 0 radical (unpaired) electrons. The van der Waals surface area contributed by atoms with Gasteiger partial charge in [0, 0.05) is 0 Å². The Kier molecular flexibility index (Phi) is 4.99. The van der Waals surface area contributed by atoms with Gasteiger partial charge in [-0.1, -0.05) is 48.9 Å². The highest BCUT2D eigenvalue weighted by atomic mass is 16.5. The lowest BCUT2D eigenvalue weighted by Gasteiger charge is -2.18. The van der Waals surface area contributed by atoms with Gasteiger partial charge in [-0.15, -0.1) is 0 Å². The lowest BCUT2D eigenvalue weighted by atomic mass is 10.0. The summed E-state index contributed by atoms with van der Waals surface area (Å²) in [6.07, 6.45) is 0.837. The molecule has 3 nitrogen and oxygen atoms in total. The minimum atomic E-state index is -0.111. The Hall–Kier alpha value is -2.29. The molecule has 0 aliphatic rings. The third-order valence-electron chi connectivity index (χ3n) is 3.54. The molecule has 0 saturated heterocycles. The van der Waals surface area contributed by atoms with Crippen molar-refractivity contribution in [3.63, 3.8) is 0 Å². The van der Waals surface area contributed by atoms with Crippen LogP contribution in [0.4, 0.5) is 0 Å². The van der Waals surface area contributed by atoms with E-state index in [1.165, 1.54) is 5.56 Å². The monoisotopic (exact) mass is 283 g/mol. The third-order valence-corrected chi connectivity index (χ3v) is 3.54. The highest BCUT2D eigenvalue weighted by molar-refractivity contribution is 5.97. The second-order valence-corrected chi connectivity index (χ2v) is 5.05. The van der Waals surface area contributed by atoms with Gasteiger partial charge in [-0.2, -0.15) is 0 Å². The predicted octanol–water partition coefficient (Wildman–Crippen LogP) is 3.88. The predicted molar refractivity (Wildman–Crippen MR) is 84.7 cm³/mol. The van der Waals surface area contributed by atoms with Crippen LogP contribution in [0.1, 0.15) is 40.9 Å². The van der Waals surface area contributed by atoms with E-state index in [2.05, 4.69) is 43.4 Å². The van der Waals surface area contributed by atoms with Crippen molar-refractivity contribution in [2.75, 3.05) is 7.11 Å². The van der Waals surface area contributed by atoms with Gasteiger partial charge in [-0.3, -0.25) is 4.79 Å².